The van der Waals surface area contributed by atoms with Gasteiger partial charge in [0, 0.05) is 31.0 Å². The van der Waals surface area contributed by atoms with Crippen molar-refractivity contribution in [3.05, 3.63) is 29.5 Å². The number of likely N-dealkylation sites (N-methyl/N-ethyl adjacent to an activating group) is 1. The van der Waals surface area contributed by atoms with Crippen molar-refractivity contribution in [2.45, 2.75) is 13.3 Å². The number of hydrogen-bond donors (Lipinski definition) is 1. The first kappa shape index (κ1) is 11.8. The highest BCUT2D eigenvalue weighted by Gasteiger charge is 2.24. The highest BCUT2D eigenvalue weighted by Crippen LogP contribution is 2.33. The maximum absolute atomic E-state index is 11.7. The number of aromatic nitrogens is 2. The van der Waals surface area contributed by atoms with Crippen molar-refractivity contribution in [3.63, 3.8) is 0 Å². The third-order valence-electron chi connectivity index (χ3n) is 3.85. The van der Waals surface area contributed by atoms with Crippen molar-refractivity contribution in [2.24, 2.45) is 7.05 Å². The lowest BCUT2D eigenvalue weighted by atomic mass is 10.0. The summed E-state index contributed by atoms with van der Waals surface area (Å²) in [5.41, 5.74) is 10.8. The number of imidazole rings is 1. The molecule has 98 valence electrons. The van der Waals surface area contributed by atoms with Gasteiger partial charge in [-0.3, -0.25) is 4.79 Å². The van der Waals surface area contributed by atoms with Crippen LogP contribution in [-0.2, 0) is 18.3 Å². The maximum atomic E-state index is 11.7. The molecule has 1 aromatic carbocycles. The van der Waals surface area contributed by atoms with E-state index in [1.165, 1.54) is 0 Å². The van der Waals surface area contributed by atoms with Gasteiger partial charge in [0.15, 0.2) is 0 Å². The zero-order chi connectivity index (χ0) is 13.7. The fourth-order valence-electron chi connectivity index (χ4n) is 2.49. The molecule has 0 fully saturated rings. The van der Waals surface area contributed by atoms with Crippen LogP contribution in [-0.4, -0.2) is 22.5 Å². The van der Waals surface area contributed by atoms with Crippen molar-refractivity contribution in [3.8, 4) is 11.3 Å². The lowest BCUT2D eigenvalue weighted by Gasteiger charge is -2.10. The Morgan fingerprint density at radius 2 is 2.05 bits per heavy atom. The van der Waals surface area contributed by atoms with Gasteiger partial charge in [0.25, 0.3) is 0 Å². The zero-order valence-corrected chi connectivity index (χ0v) is 11.3. The molecule has 0 spiro atoms. The summed E-state index contributed by atoms with van der Waals surface area (Å²) in [6.07, 6.45) is 0.459. The minimum Gasteiger partial charge on any atom is -0.369 e. The molecule has 1 aliphatic heterocycles. The van der Waals surface area contributed by atoms with Crippen molar-refractivity contribution in [1.29, 1.82) is 0 Å². The number of rotatable bonds is 1. The van der Waals surface area contributed by atoms with Gasteiger partial charge in [-0.1, -0.05) is 6.07 Å². The number of carbonyl (C=O) groups excluding carboxylic acids is 1. The second-order valence-corrected chi connectivity index (χ2v) is 4.94. The molecule has 1 aliphatic rings. The first-order valence-electron chi connectivity index (χ1n) is 6.17. The van der Waals surface area contributed by atoms with Crippen LogP contribution in [0, 0.1) is 6.92 Å². The Morgan fingerprint density at radius 3 is 2.68 bits per heavy atom. The van der Waals surface area contributed by atoms with Crippen LogP contribution >= 0.6 is 0 Å². The van der Waals surface area contributed by atoms with E-state index in [0.29, 0.717) is 12.4 Å². The van der Waals surface area contributed by atoms with Gasteiger partial charge >= 0.3 is 0 Å². The summed E-state index contributed by atoms with van der Waals surface area (Å²) in [4.78, 5) is 17.8. The van der Waals surface area contributed by atoms with Crippen LogP contribution in [0.4, 0.5) is 11.6 Å². The van der Waals surface area contributed by atoms with E-state index < -0.39 is 0 Å². The molecule has 19 heavy (non-hydrogen) atoms. The fourth-order valence-corrected chi connectivity index (χ4v) is 2.49. The Kier molecular flexibility index (Phi) is 2.38. The average Bonchev–Trinajstić information content (AvgIpc) is 2.81. The van der Waals surface area contributed by atoms with Crippen molar-refractivity contribution >= 4 is 17.5 Å². The Bertz CT molecular complexity index is 687. The molecule has 5 nitrogen and oxygen atoms in total. The monoisotopic (exact) mass is 256 g/mol. The molecule has 0 atom stereocenters. The van der Waals surface area contributed by atoms with Crippen LogP contribution in [0.2, 0.25) is 0 Å². The average molecular weight is 256 g/mol. The molecule has 5 heteroatoms. The summed E-state index contributed by atoms with van der Waals surface area (Å²) < 4.78 is 1.86. The van der Waals surface area contributed by atoms with Gasteiger partial charge in [-0.25, -0.2) is 4.98 Å². The van der Waals surface area contributed by atoms with E-state index in [4.69, 9.17) is 5.73 Å². The predicted molar refractivity (Wildman–Crippen MR) is 74.9 cm³/mol. The molecule has 1 amide bonds. The quantitative estimate of drug-likeness (QED) is 0.841. The number of carbonyl (C=O) groups is 1. The lowest BCUT2D eigenvalue weighted by Crippen LogP contribution is -2.20. The molecule has 0 radical (unpaired) electrons. The van der Waals surface area contributed by atoms with E-state index in [0.717, 1.165) is 28.2 Å². The van der Waals surface area contributed by atoms with Crippen LogP contribution in [0.3, 0.4) is 0 Å². The summed E-state index contributed by atoms with van der Waals surface area (Å²) in [5, 5.41) is 0. The molecule has 0 unspecified atom stereocenters. The van der Waals surface area contributed by atoms with Gasteiger partial charge in [0.2, 0.25) is 11.9 Å². The SMILES string of the molecule is Cc1c(-c2ccc3c(c2)CC(=O)N3C)nc(N)n1C. The minimum absolute atomic E-state index is 0.129. The summed E-state index contributed by atoms with van der Waals surface area (Å²) in [6, 6.07) is 5.99. The van der Waals surface area contributed by atoms with Gasteiger partial charge in [-0.2, -0.15) is 0 Å². The number of hydrogen-bond acceptors (Lipinski definition) is 3. The van der Waals surface area contributed by atoms with Crippen LogP contribution in [0.1, 0.15) is 11.3 Å². The first-order valence-corrected chi connectivity index (χ1v) is 6.17. The van der Waals surface area contributed by atoms with Crippen molar-refractivity contribution in [1.82, 2.24) is 9.55 Å². The predicted octanol–water partition coefficient (Wildman–Crippen LogP) is 1.50. The maximum Gasteiger partial charge on any atom is 0.231 e. The van der Waals surface area contributed by atoms with E-state index in [1.807, 2.05) is 36.7 Å². The zero-order valence-electron chi connectivity index (χ0n) is 11.3. The third kappa shape index (κ3) is 1.62. The van der Waals surface area contributed by atoms with Crippen LogP contribution in [0.15, 0.2) is 18.2 Å². The van der Waals surface area contributed by atoms with Gasteiger partial charge in [-0.05, 0) is 24.6 Å². The highest BCUT2D eigenvalue weighted by atomic mass is 16.2. The molecule has 0 bridgehead atoms. The van der Waals surface area contributed by atoms with E-state index in [9.17, 15) is 4.79 Å². The molecule has 1 aromatic heterocycles. The Hall–Kier alpha value is -2.30. The number of nitrogens with zero attached hydrogens (tertiary/aromatic N) is 3. The van der Waals surface area contributed by atoms with E-state index >= 15 is 0 Å². The molecule has 0 saturated carbocycles. The van der Waals surface area contributed by atoms with Crippen LogP contribution < -0.4 is 10.6 Å². The molecule has 0 saturated heterocycles. The molecular weight excluding hydrogens is 240 g/mol. The minimum atomic E-state index is 0.129. The summed E-state index contributed by atoms with van der Waals surface area (Å²) >= 11 is 0. The second-order valence-electron chi connectivity index (χ2n) is 4.94. The molecule has 2 N–H and O–H groups in total. The number of anilines is 2. The summed E-state index contributed by atoms with van der Waals surface area (Å²) in [6.45, 7) is 1.99. The summed E-state index contributed by atoms with van der Waals surface area (Å²) in [5.74, 6) is 0.630. The second kappa shape index (κ2) is 3.85. The molecule has 0 aliphatic carbocycles. The standard InChI is InChI=1S/C14H16N4O/c1-8-13(16-14(15)17(8)2)9-4-5-11-10(6-9)7-12(19)18(11)3/h4-6H,7H2,1-3H3,(H2,15,16). The fraction of sp³-hybridized carbons (Fsp3) is 0.286. The topological polar surface area (TPSA) is 64.2 Å². The normalized spacial score (nSPS) is 14.1. The van der Waals surface area contributed by atoms with E-state index in [2.05, 4.69) is 4.98 Å². The van der Waals surface area contributed by atoms with Gasteiger partial charge in [0.05, 0.1) is 12.1 Å². The van der Waals surface area contributed by atoms with Gasteiger partial charge in [0.1, 0.15) is 0 Å². The van der Waals surface area contributed by atoms with Gasteiger partial charge in [-0.15, -0.1) is 0 Å². The molecular formula is C14H16N4O. The smallest absolute Gasteiger partial charge is 0.231 e. The number of nitrogens with two attached hydrogens (primary N) is 1. The Morgan fingerprint density at radius 1 is 1.32 bits per heavy atom. The molecule has 2 heterocycles. The van der Waals surface area contributed by atoms with Crippen molar-refractivity contribution < 1.29 is 4.79 Å². The first-order chi connectivity index (χ1) is 8.99. The van der Waals surface area contributed by atoms with Crippen LogP contribution in [0.5, 0.6) is 0 Å². The number of nitrogen functional groups attached to an aromatic ring is 1. The molecule has 2 aromatic rings. The van der Waals surface area contributed by atoms with Gasteiger partial charge < -0.3 is 15.2 Å². The van der Waals surface area contributed by atoms with Crippen molar-refractivity contribution in [2.75, 3.05) is 17.7 Å². The Labute approximate surface area is 111 Å². The number of amides is 1. The Balaban J connectivity index is 2.11. The number of benzene rings is 1. The highest BCUT2D eigenvalue weighted by molar-refractivity contribution is 6.01. The van der Waals surface area contributed by atoms with E-state index in [1.54, 1.807) is 11.9 Å². The van der Waals surface area contributed by atoms with Crippen LogP contribution in [0.25, 0.3) is 11.3 Å². The summed E-state index contributed by atoms with van der Waals surface area (Å²) in [7, 11) is 3.70. The largest absolute Gasteiger partial charge is 0.369 e. The third-order valence-corrected chi connectivity index (χ3v) is 3.85. The van der Waals surface area contributed by atoms with E-state index in [-0.39, 0.29) is 5.91 Å². The number of fused-ring (bicyclic) bond motifs is 1. The molecule has 3 rings (SSSR count). The lowest BCUT2D eigenvalue weighted by molar-refractivity contribution is -0.117.